The quantitative estimate of drug-likeness (QED) is 0.759. The van der Waals surface area contributed by atoms with Gasteiger partial charge in [-0.05, 0) is 43.4 Å². The highest BCUT2D eigenvalue weighted by atomic mass is 35.5. The summed E-state index contributed by atoms with van der Waals surface area (Å²) in [5.74, 6) is 0.824. The highest BCUT2D eigenvalue weighted by Gasteiger charge is 2.15. The smallest absolute Gasteiger partial charge is 0.0614 e. The Morgan fingerprint density at radius 3 is 2.94 bits per heavy atom. The SMILES string of the molecule is CC1CCCN(c2cc(Cl)ccc2N)CC1. The third-order valence-electron chi connectivity index (χ3n) is 3.35. The molecular weight excluding hydrogens is 220 g/mol. The van der Waals surface area contributed by atoms with Crippen LogP contribution in [-0.4, -0.2) is 13.1 Å². The average molecular weight is 239 g/mol. The molecule has 0 radical (unpaired) electrons. The molecule has 1 unspecified atom stereocenters. The van der Waals surface area contributed by atoms with Crippen molar-refractivity contribution in [2.75, 3.05) is 23.7 Å². The summed E-state index contributed by atoms with van der Waals surface area (Å²) in [4.78, 5) is 2.37. The molecule has 0 bridgehead atoms. The van der Waals surface area contributed by atoms with Crippen LogP contribution in [0.25, 0.3) is 0 Å². The Bertz CT molecular complexity index is 365. The zero-order chi connectivity index (χ0) is 11.5. The van der Waals surface area contributed by atoms with Crippen LogP contribution in [-0.2, 0) is 0 Å². The highest BCUT2D eigenvalue weighted by Crippen LogP contribution is 2.29. The fourth-order valence-electron chi connectivity index (χ4n) is 2.29. The van der Waals surface area contributed by atoms with Crippen molar-refractivity contribution in [2.45, 2.75) is 26.2 Å². The number of rotatable bonds is 1. The van der Waals surface area contributed by atoms with Gasteiger partial charge in [0.15, 0.2) is 0 Å². The Labute approximate surface area is 102 Å². The largest absolute Gasteiger partial charge is 0.397 e. The van der Waals surface area contributed by atoms with Crippen LogP contribution in [0.2, 0.25) is 5.02 Å². The molecule has 1 saturated heterocycles. The number of benzene rings is 1. The lowest BCUT2D eigenvalue weighted by molar-refractivity contribution is 0.521. The van der Waals surface area contributed by atoms with Crippen LogP contribution in [0.1, 0.15) is 26.2 Å². The maximum Gasteiger partial charge on any atom is 0.0614 e. The summed E-state index contributed by atoms with van der Waals surface area (Å²) in [5.41, 5.74) is 7.94. The van der Waals surface area contributed by atoms with E-state index in [1.807, 2.05) is 18.2 Å². The van der Waals surface area contributed by atoms with E-state index in [1.54, 1.807) is 0 Å². The van der Waals surface area contributed by atoms with E-state index in [9.17, 15) is 0 Å². The van der Waals surface area contributed by atoms with Gasteiger partial charge >= 0.3 is 0 Å². The number of nitrogen functional groups attached to an aromatic ring is 1. The first kappa shape index (κ1) is 11.6. The summed E-state index contributed by atoms with van der Waals surface area (Å²) < 4.78 is 0. The second-order valence-corrected chi connectivity index (χ2v) is 5.16. The van der Waals surface area contributed by atoms with Crippen molar-refractivity contribution >= 4 is 23.0 Å². The van der Waals surface area contributed by atoms with Crippen molar-refractivity contribution in [3.8, 4) is 0 Å². The number of nitrogens with two attached hydrogens (primary N) is 1. The van der Waals surface area contributed by atoms with Gasteiger partial charge in [-0.1, -0.05) is 18.5 Å². The summed E-state index contributed by atoms with van der Waals surface area (Å²) >= 11 is 6.02. The van der Waals surface area contributed by atoms with Gasteiger partial charge in [-0.3, -0.25) is 0 Å². The van der Waals surface area contributed by atoms with Crippen LogP contribution in [0.3, 0.4) is 0 Å². The third-order valence-corrected chi connectivity index (χ3v) is 3.59. The van der Waals surface area contributed by atoms with Gasteiger partial charge in [-0.2, -0.15) is 0 Å². The van der Waals surface area contributed by atoms with E-state index in [4.69, 9.17) is 17.3 Å². The summed E-state index contributed by atoms with van der Waals surface area (Å²) in [6, 6.07) is 5.72. The average Bonchev–Trinajstić information content (AvgIpc) is 2.47. The van der Waals surface area contributed by atoms with Crippen molar-refractivity contribution in [2.24, 2.45) is 5.92 Å². The minimum absolute atomic E-state index is 0.765. The van der Waals surface area contributed by atoms with Crippen molar-refractivity contribution in [3.63, 3.8) is 0 Å². The fourth-order valence-corrected chi connectivity index (χ4v) is 2.46. The lowest BCUT2D eigenvalue weighted by atomic mass is 10.0. The first-order valence-corrected chi connectivity index (χ1v) is 6.34. The summed E-state index contributed by atoms with van der Waals surface area (Å²) in [7, 11) is 0. The molecule has 0 saturated carbocycles. The Morgan fingerprint density at radius 2 is 2.12 bits per heavy atom. The zero-order valence-electron chi connectivity index (χ0n) is 9.75. The van der Waals surface area contributed by atoms with Crippen molar-refractivity contribution in [3.05, 3.63) is 23.2 Å². The Morgan fingerprint density at radius 1 is 1.31 bits per heavy atom. The van der Waals surface area contributed by atoms with E-state index in [0.717, 1.165) is 35.4 Å². The first-order valence-electron chi connectivity index (χ1n) is 5.97. The molecule has 2 nitrogen and oxygen atoms in total. The molecule has 0 amide bonds. The van der Waals surface area contributed by atoms with Gasteiger partial charge in [0.25, 0.3) is 0 Å². The molecule has 0 spiro atoms. The van der Waals surface area contributed by atoms with Gasteiger partial charge in [0, 0.05) is 18.1 Å². The Balaban J connectivity index is 2.19. The van der Waals surface area contributed by atoms with Gasteiger partial charge in [0.05, 0.1) is 11.4 Å². The van der Waals surface area contributed by atoms with Gasteiger partial charge in [-0.25, -0.2) is 0 Å². The molecule has 1 atom stereocenters. The molecule has 1 fully saturated rings. The van der Waals surface area contributed by atoms with Crippen LogP contribution < -0.4 is 10.6 Å². The standard InChI is InChI=1S/C13H19ClN2/c1-10-3-2-7-16(8-6-10)13-9-11(14)4-5-12(13)15/h4-5,9-10H,2-3,6-8,15H2,1H3. The fraction of sp³-hybridized carbons (Fsp3) is 0.538. The minimum Gasteiger partial charge on any atom is -0.397 e. The lowest BCUT2D eigenvalue weighted by Crippen LogP contribution is -2.25. The van der Waals surface area contributed by atoms with E-state index >= 15 is 0 Å². The van der Waals surface area contributed by atoms with Crippen molar-refractivity contribution in [1.82, 2.24) is 0 Å². The van der Waals surface area contributed by atoms with Crippen LogP contribution in [0, 0.1) is 5.92 Å². The Kier molecular flexibility index (Phi) is 3.59. The molecule has 1 aliphatic rings. The maximum absolute atomic E-state index is 6.02. The Hall–Kier alpha value is -0.890. The van der Waals surface area contributed by atoms with Crippen molar-refractivity contribution < 1.29 is 0 Å². The summed E-state index contributed by atoms with van der Waals surface area (Å²) in [6.45, 7) is 4.51. The maximum atomic E-state index is 6.02. The lowest BCUT2D eigenvalue weighted by Gasteiger charge is -2.24. The topological polar surface area (TPSA) is 29.3 Å². The van der Waals surface area contributed by atoms with Gasteiger partial charge < -0.3 is 10.6 Å². The summed E-state index contributed by atoms with van der Waals surface area (Å²) in [6.07, 6.45) is 3.80. The number of halogens is 1. The number of hydrogen-bond donors (Lipinski definition) is 1. The molecule has 1 aromatic rings. The van der Waals surface area contributed by atoms with Gasteiger partial charge in [0.1, 0.15) is 0 Å². The molecule has 3 heteroatoms. The molecule has 2 rings (SSSR count). The minimum atomic E-state index is 0.765. The van der Waals surface area contributed by atoms with E-state index in [2.05, 4.69) is 11.8 Å². The van der Waals surface area contributed by atoms with Crippen LogP contribution >= 0.6 is 11.6 Å². The molecule has 1 aromatic carbocycles. The van der Waals surface area contributed by atoms with E-state index in [0.29, 0.717) is 0 Å². The number of hydrogen-bond acceptors (Lipinski definition) is 2. The third kappa shape index (κ3) is 2.62. The molecule has 2 N–H and O–H groups in total. The highest BCUT2D eigenvalue weighted by molar-refractivity contribution is 6.31. The van der Waals surface area contributed by atoms with Gasteiger partial charge in [0.2, 0.25) is 0 Å². The normalized spacial score (nSPS) is 21.9. The van der Waals surface area contributed by atoms with E-state index in [-0.39, 0.29) is 0 Å². The summed E-state index contributed by atoms with van der Waals surface area (Å²) in [5, 5.41) is 0.765. The van der Waals surface area contributed by atoms with E-state index < -0.39 is 0 Å². The predicted octanol–water partition coefficient (Wildman–Crippen LogP) is 3.55. The molecule has 1 aliphatic heterocycles. The molecule has 1 heterocycles. The monoisotopic (exact) mass is 238 g/mol. The predicted molar refractivity (Wildman–Crippen MR) is 71.1 cm³/mol. The second kappa shape index (κ2) is 4.96. The first-order chi connectivity index (χ1) is 7.66. The molecule has 16 heavy (non-hydrogen) atoms. The number of anilines is 2. The molecule has 0 aliphatic carbocycles. The van der Waals surface area contributed by atoms with Crippen LogP contribution in [0.4, 0.5) is 11.4 Å². The molecule has 88 valence electrons. The van der Waals surface area contributed by atoms with Crippen LogP contribution in [0.15, 0.2) is 18.2 Å². The molecular formula is C13H19ClN2. The zero-order valence-corrected chi connectivity index (χ0v) is 10.5. The second-order valence-electron chi connectivity index (χ2n) is 4.73. The van der Waals surface area contributed by atoms with Crippen molar-refractivity contribution in [1.29, 1.82) is 0 Å². The van der Waals surface area contributed by atoms with E-state index in [1.165, 1.54) is 19.3 Å². The van der Waals surface area contributed by atoms with Crippen LogP contribution in [0.5, 0.6) is 0 Å². The molecule has 0 aromatic heterocycles. The number of nitrogens with zero attached hydrogens (tertiary/aromatic N) is 1. The van der Waals surface area contributed by atoms with Gasteiger partial charge in [-0.15, -0.1) is 0 Å².